The van der Waals surface area contributed by atoms with Gasteiger partial charge in [-0.3, -0.25) is 9.59 Å². The van der Waals surface area contributed by atoms with Crippen molar-refractivity contribution in [1.82, 2.24) is 0 Å². The van der Waals surface area contributed by atoms with E-state index in [2.05, 4.69) is 0 Å². The van der Waals surface area contributed by atoms with Gasteiger partial charge in [-0.25, -0.2) is 0 Å². The van der Waals surface area contributed by atoms with E-state index < -0.39 is 11.9 Å². The van der Waals surface area contributed by atoms with Crippen LogP contribution in [0.4, 0.5) is 0 Å². The number of carboxylic acids is 2. The van der Waals surface area contributed by atoms with Crippen molar-refractivity contribution in [3.05, 3.63) is 0 Å². The van der Waals surface area contributed by atoms with Crippen molar-refractivity contribution in [2.24, 2.45) is 5.92 Å². The number of rotatable bonds is 20. The summed E-state index contributed by atoms with van der Waals surface area (Å²) >= 11 is 0. The molecule has 0 bridgehead atoms. The first kappa shape index (κ1) is 24.9. The van der Waals surface area contributed by atoms with Crippen LogP contribution in [0.1, 0.15) is 122 Å². The second kappa shape index (κ2) is 18.7. The van der Waals surface area contributed by atoms with Crippen molar-refractivity contribution in [3.63, 3.8) is 0 Å². The van der Waals surface area contributed by atoms with E-state index >= 15 is 0 Å². The smallest absolute Gasteiger partial charge is 0.306 e. The lowest BCUT2D eigenvalue weighted by atomic mass is 9.98. The highest BCUT2D eigenvalue weighted by molar-refractivity contribution is 5.69. The Bertz CT molecular complexity index is 341. The van der Waals surface area contributed by atoms with Crippen LogP contribution in [0.15, 0.2) is 0 Å². The highest BCUT2D eigenvalue weighted by atomic mass is 16.4. The summed E-state index contributed by atoms with van der Waals surface area (Å²) in [6, 6.07) is 0. The second-order valence-electron chi connectivity index (χ2n) is 7.68. The van der Waals surface area contributed by atoms with Crippen molar-refractivity contribution in [2.75, 3.05) is 0 Å². The van der Waals surface area contributed by atoms with Gasteiger partial charge in [0.15, 0.2) is 0 Å². The van der Waals surface area contributed by atoms with Gasteiger partial charge in [-0.2, -0.15) is 0 Å². The first-order valence-corrected chi connectivity index (χ1v) is 11.0. The van der Waals surface area contributed by atoms with Crippen molar-refractivity contribution in [1.29, 1.82) is 0 Å². The number of unbranched alkanes of at least 4 members (excludes halogenated alkanes) is 14. The minimum Gasteiger partial charge on any atom is -0.481 e. The number of hydrogen-bond donors (Lipinski definition) is 2. The van der Waals surface area contributed by atoms with E-state index in [4.69, 9.17) is 10.2 Å². The lowest BCUT2D eigenvalue weighted by Crippen LogP contribution is -2.12. The Kier molecular flexibility index (Phi) is 18.0. The van der Waals surface area contributed by atoms with Crippen molar-refractivity contribution in [2.45, 2.75) is 122 Å². The molecule has 0 rings (SSSR count). The summed E-state index contributed by atoms with van der Waals surface area (Å²) in [4.78, 5) is 21.3. The molecule has 4 heteroatoms. The molecule has 26 heavy (non-hydrogen) atoms. The molecule has 0 amide bonds. The maximum absolute atomic E-state index is 10.9. The third kappa shape index (κ3) is 17.8. The fourth-order valence-corrected chi connectivity index (χ4v) is 3.47. The molecule has 0 aliphatic heterocycles. The van der Waals surface area contributed by atoms with Gasteiger partial charge in [0.2, 0.25) is 0 Å². The van der Waals surface area contributed by atoms with E-state index in [9.17, 15) is 9.59 Å². The number of carbonyl (C=O) groups is 2. The summed E-state index contributed by atoms with van der Waals surface area (Å²) in [5.41, 5.74) is 0. The Morgan fingerprint density at radius 1 is 0.615 bits per heavy atom. The third-order valence-corrected chi connectivity index (χ3v) is 5.29. The molecule has 0 aromatic carbocycles. The van der Waals surface area contributed by atoms with Crippen LogP contribution in [0.2, 0.25) is 0 Å². The van der Waals surface area contributed by atoms with E-state index in [0.29, 0.717) is 6.42 Å². The lowest BCUT2D eigenvalue weighted by Gasteiger charge is -2.08. The third-order valence-electron chi connectivity index (χ3n) is 5.29. The fraction of sp³-hybridized carbons (Fsp3) is 0.909. The summed E-state index contributed by atoms with van der Waals surface area (Å²) in [6.07, 6.45) is 20.3. The van der Waals surface area contributed by atoms with Crippen LogP contribution in [0.3, 0.4) is 0 Å². The number of aliphatic carboxylic acids is 2. The van der Waals surface area contributed by atoms with Gasteiger partial charge in [0, 0.05) is 6.42 Å². The molecule has 1 atom stereocenters. The molecule has 0 saturated carbocycles. The van der Waals surface area contributed by atoms with Crippen LogP contribution in [0.5, 0.6) is 0 Å². The minimum atomic E-state index is -0.673. The Hall–Kier alpha value is -1.06. The largest absolute Gasteiger partial charge is 0.481 e. The summed E-state index contributed by atoms with van der Waals surface area (Å²) in [7, 11) is 0. The lowest BCUT2D eigenvalue weighted by molar-refractivity contribution is -0.142. The van der Waals surface area contributed by atoms with Gasteiger partial charge >= 0.3 is 11.9 Å². The fourth-order valence-electron chi connectivity index (χ4n) is 3.47. The molecule has 0 radical (unpaired) electrons. The quantitative estimate of drug-likeness (QED) is 0.231. The Balaban J connectivity index is 3.13. The SMILES string of the molecule is CCC(CCCCCCCCCCCCCCCCCC(=O)O)C(=O)O. The zero-order chi connectivity index (χ0) is 19.5. The predicted octanol–water partition coefficient (Wildman–Crippen LogP) is 6.81. The maximum Gasteiger partial charge on any atom is 0.306 e. The van der Waals surface area contributed by atoms with Crippen LogP contribution < -0.4 is 0 Å². The first-order valence-electron chi connectivity index (χ1n) is 11.0. The molecule has 0 aromatic rings. The zero-order valence-electron chi connectivity index (χ0n) is 17.0. The molecule has 0 aromatic heterocycles. The van der Waals surface area contributed by atoms with E-state index in [0.717, 1.165) is 32.1 Å². The molecular formula is C22H42O4. The van der Waals surface area contributed by atoms with Crippen molar-refractivity contribution < 1.29 is 19.8 Å². The number of carboxylic acid groups (broad SMARTS) is 2. The Morgan fingerprint density at radius 3 is 1.27 bits per heavy atom. The van der Waals surface area contributed by atoms with Gasteiger partial charge in [-0.05, 0) is 19.3 Å². The molecule has 1 unspecified atom stereocenters. The predicted molar refractivity (Wildman–Crippen MR) is 108 cm³/mol. The van der Waals surface area contributed by atoms with E-state index in [1.165, 1.54) is 77.0 Å². The molecule has 154 valence electrons. The molecule has 0 aliphatic rings. The highest BCUT2D eigenvalue weighted by Crippen LogP contribution is 2.16. The Morgan fingerprint density at radius 2 is 0.962 bits per heavy atom. The van der Waals surface area contributed by atoms with Crippen molar-refractivity contribution >= 4 is 11.9 Å². The van der Waals surface area contributed by atoms with Gasteiger partial charge in [0.05, 0.1) is 5.92 Å². The maximum atomic E-state index is 10.9. The van der Waals surface area contributed by atoms with E-state index in [-0.39, 0.29) is 5.92 Å². The number of hydrogen-bond acceptors (Lipinski definition) is 2. The van der Waals surface area contributed by atoms with E-state index in [1.54, 1.807) is 0 Å². The van der Waals surface area contributed by atoms with Gasteiger partial charge in [-0.15, -0.1) is 0 Å². The molecule has 0 saturated heterocycles. The zero-order valence-corrected chi connectivity index (χ0v) is 17.0. The minimum absolute atomic E-state index is 0.139. The molecular weight excluding hydrogens is 328 g/mol. The Labute approximate surface area is 160 Å². The highest BCUT2D eigenvalue weighted by Gasteiger charge is 2.13. The molecule has 2 N–H and O–H groups in total. The van der Waals surface area contributed by atoms with E-state index in [1.807, 2.05) is 6.92 Å². The standard InChI is InChI=1S/C22H42O4/c1-2-20(22(25)26)18-16-14-12-10-8-6-4-3-5-7-9-11-13-15-17-19-21(23)24/h20H,2-19H2,1H3,(H,23,24)(H,25,26). The molecule has 0 fully saturated rings. The van der Waals surface area contributed by atoms with Crippen LogP contribution >= 0.6 is 0 Å². The van der Waals surface area contributed by atoms with Gasteiger partial charge < -0.3 is 10.2 Å². The first-order chi connectivity index (χ1) is 12.6. The van der Waals surface area contributed by atoms with Gasteiger partial charge in [0.25, 0.3) is 0 Å². The molecule has 0 spiro atoms. The summed E-state index contributed by atoms with van der Waals surface area (Å²) in [5.74, 6) is -1.45. The molecule has 0 aliphatic carbocycles. The van der Waals surface area contributed by atoms with Crippen molar-refractivity contribution in [3.8, 4) is 0 Å². The average Bonchev–Trinajstić information content (AvgIpc) is 2.60. The van der Waals surface area contributed by atoms with Gasteiger partial charge in [0.1, 0.15) is 0 Å². The van der Waals surface area contributed by atoms with Crippen LogP contribution in [0.25, 0.3) is 0 Å². The monoisotopic (exact) mass is 370 g/mol. The summed E-state index contributed by atoms with van der Waals surface area (Å²) < 4.78 is 0. The normalized spacial score (nSPS) is 12.2. The van der Waals surface area contributed by atoms with Crippen LogP contribution in [0, 0.1) is 5.92 Å². The summed E-state index contributed by atoms with van der Waals surface area (Å²) in [6.45, 7) is 1.96. The summed E-state index contributed by atoms with van der Waals surface area (Å²) in [5, 5.41) is 17.6. The molecule has 0 heterocycles. The molecule has 4 nitrogen and oxygen atoms in total. The average molecular weight is 371 g/mol. The topological polar surface area (TPSA) is 74.6 Å². The van der Waals surface area contributed by atoms with Crippen LogP contribution in [-0.4, -0.2) is 22.2 Å². The van der Waals surface area contributed by atoms with Gasteiger partial charge in [-0.1, -0.05) is 96.8 Å². The second-order valence-corrected chi connectivity index (χ2v) is 7.68. The van der Waals surface area contributed by atoms with Crippen LogP contribution in [-0.2, 0) is 9.59 Å².